The number of aryl methyl sites for hydroxylation is 1. The predicted octanol–water partition coefficient (Wildman–Crippen LogP) is 2.24. The summed E-state index contributed by atoms with van der Waals surface area (Å²) in [5.41, 5.74) is 0. The van der Waals surface area contributed by atoms with Crippen molar-refractivity contribution in [3.63, 3.8) is 0 Å². The summed E-state index contributed by atoms with van der Waals surface area (Å²) in [5.74, 6) is 0. The number of hydrogen-bond donors (Lipinski definition) is 0. The molecule has 4 nitrogen and oxygen atoms in total. The van der Waals surface area contributed by atoms with Gasteiger partial charge in [-0.15, -0.1) is 21.5 Å². The molecule has 0 amide bonds. The van der Waals surface area contributed by atoms with Crippen LogP contribution in [0, 0.1) is 6.92 Å². The number of rotatable bonds is 5. The molecule has 2 heterocycles. The molecule has 1 atom stereocenters. The van der Waals surface area contributed by atoms with E-state index < -0.39 is 0 Å². The van der Waals surface area contributed by atoms with Gasteiger partial charge < -0.3 is 4.74 Å². The van der Waals surface area contributed by atoms with Crippen LogP contribution in [0.25, 0.3) is 0 Å². The minimum absolute atomic E-state index is 0.415. The summed E-state index contributed by atoms with van der Waals surface area (Å²) in [7, 11) is 0. The van der Waals surface area contributed by atoms with Gasteiger partial charge in [-0.3, -0.25) is 4.90 Å². The second-order valence-corrected chi connectivity index (χ2v) is 5.80. The Morgan fingerprint density at radius 3 is 2.88 bits per heavy atom. The van der Waals surface area contributed by atoms with Crippen molar-refractivity contribution >= 4 is 11.3 Å². The van der Waals surface area contributed by atoms with Crippen molar-refractivity contribution in [3.8, 4) is 0 Å². The Hall–Kier alpha value is -0.520. The lowest BCUT2D eigenvalue weighted by atomic mass is 10.1. The topological polar surface area (TPSA) is 38.2 Å². The molecule has 0 aromatic carbocycles. The molecule has 1 aliphatic rings. The summed E-state index contributed by atoms with van der Waals surface area (Å²) >= 11 is 1.69. The quantitative estimate of drug-likeness (QED) is 0.809. The van der Waals surface area contributed by atoms with E-state index in [1.165, 1.54) is 19.3 Å². The fourth-order valence-corrected chi connectivity index (χ4v) is 2.89. The first-order chi connectivity index (χ1) is 8.28. The zero-order chi connectivity index (χ0) is 12.1. The number of hydrogen-bond acceptors (Lipinski definition) is 5. The van der Waals surface area contributed by atoms with Crippen molar-refractivity contribution < 1.29 is 4.74 Å². The molecule has 1 aromatic heterocycles. The third-order valence-corrected chi connectivity index (χ3v) is 3.93. The summed E-state index contributed by atoms with van der Waals surface area (Å²) in [6.07, 6.45) is 4.14. The maximum absolute atomic E-state index is 5.78. The highest BCUT2D eigenvalue weighted by molar-refractivity contribution is 7.11. The molecule has 2 rings (SSSR count). The standard InChI is InChI=1S/C12H21N3OS/c1-3-15(8-11-6-4-5-7-16-11)9-12-14-13-10(2)17-12/h11H,3-9H2,1-2H3/t11-/m1/s1. The molecule has 1 fully saturated rings. The average Bonchev–Trinajstić information content (AvgIpc) is 2.75. The highest BCUT2D eigenvalue weighted by Crippen LogP contribution is 2.16. The smallest absolute Gasteiger partial charge is 0.131 e. The minimum atomic E-state index is 0.415. The van der Waals surface area contributed by atoms with E-state index in [-0.39, 0.29) is 0 Å². The number of ether oxygens (including phenoxy) is 1. The molecule has 0 unspecified atom stereocenters. The van der Waals surface area contributed by atoms with E-state index in [1.807, 2.05) is 6.92 Å². The van der Waals surface area contributed by atoms with E-state index in [0.717, 1.165) is 36.3 Å². The Balaban J connectivity index is 1.83. The third kappa shape index (κ3) is 4.01. The Labute approximate surface area is 107 Å². The van der Waals surface area contributed by atoms with Crippen LogP contribution in [-0.2, 0) is 11.3 Å². The summed E-state index contributed by atoms with van der Waals surface area (Å²) in [4.78, 5) is 2.40. The maximum atomic E-state index is 5.78. The Morgan fingerprint density at radius 1 is 1.41 bits per heavy atom. The predicted molar refractivity (Wildman–Crippen MR) is 69.2 cm³/mol. The molecule has 0 spiro atoms. The van der Waals surface area contributed by atoms with E-state index in [1.54, 1.807) is 11.3 Å². The van der Waals surface area contributed by atoms with Crippen LogP contribution in [-0.4, -0.2) is 40.9 Å². The van der Waals surface area contributed by atoms with Crippen LogP contribution in [0.1, 0.15) is 36.2 Å². The lowest BCUT2D eigenvalue weighted by molar-refractivity contribution is -0.00627. The van der Waals surface area contributed by atoms with Gasteiger partial charge in [0.25, 0.3) is 0 Å². The van der Waals surface area contributed by atoms with Crippen LogP contribution in [0.5, 0.6) is 0 Å². The summed E-state index contributed by atoms with van der Waals surface area (Å²) in [6, 6.07) is 0. The molecular weight excluding hydrogens is 234 g/mol. The van der Waals surface area contributed by atoms with Gasteiger partial charge >= 0.3 is 0 Å². The van der Waals surface area contributed by atoms with Crippen LogP contribution in [0.2, 0.25) is 0 Å². The van der Waals surface area contributed by atoms with Gasteiger partial charge in [-0.2, -0.15) is 0 Å². The first kappa shape index (κ1) is 12.9. The average molecular weight is 255 g/mol. The van der Waals surface area contributed by atoms with Gasteiger partial charge in [0.05, 0.1) is 12.6 Å². The van der Waals surface area contributed by atoms with Gasteiger partial charge in [0.1, 0.15) is 10.0 Å². The monoisotopic (exact) mass is 255 g/mol. The molecule has 5 heteroatoms. The molecule has 0 aliphatic carbocycles. The van der Waals surface area contributed by atoms with Crippen LogP contribution in [0.3, 0.4) is 0 Å². The molecule has 0 radical (unpaired) electrons. The fourth-order valence-electron chi connectivity index (χ4n) is 2.14. The first-order valence-electron chi connectivity index (χ1n) is 6.41. The largest absolute Gasteiger partial charge is 0.377 e. The van der Waals surface area contributed by atoms with E-state index >= 15 is 0 Å². The van der Waals surface area contributed by atoms with E-state index in [9.17, 15) is 0 Å². The van der Waals surface area contributed by atoms with Crippen molar-refractivity contribution in [2.45, 2.75) is 45.8 Å². The van der Waals surface area contributed by atoms with Gasteiger partial charge in [0, 0.05) is 13.2 Å². The third-order valence-electron chi connectivity index (χ3n) is 3.11. The molecule has 96 valence electrons. The minimum Gasteiger partial charge on any atom is -0.377 e. The highest BCUT2D eigenvalue weighted by atomic mass is 32.1. The Morgan fingerprint density at radius 2 is 2.29 bits per heavy atom. The number of likely N-dealkylation sites (N-methyl/N-ethyl adjacent to an activating group) is 1. The van der Waals surface area contributed by atoms with Crippen LogP contribution < -0.4 is 0 Å². The van der Waals surface area contributed by atoms with Gasteiger partial charge in [0.15, 0.2) is 0 Å². The molecule has 0 bridgehead atoms. The van der Waals surface area contributed by atoms with E-state index in [4.69, 9.17) is 4.74 Å². The SMILES string of the molecule is CCN(Cc1nnc(C)s1)C[C@H]1CCCCO1. The second-order valence-electron chi connectivity index (χ2n) is 4.53. The number of nitrogens with zero attached hydrogens (tertiary/aromatic N) is 3. The molecule has 0 saturated carbocycles. The van der Waals surface area contributed by atoms with Crippen molar-refractivity contribution in [3.05, 3.63) is 10.0 Å². The van der Waals surface area contributed by atoms with Crippen molar-refractivity contribution in [2.75, 3.05) is 19.7 Å². The second kappa shape index (κ2) is 6.42. The van der Waals surface area contributed by atoms with Gasteiger partial charge in [-0.05, 0) is 32.7 Å². The number of aromatic nitrogens is 2. The van der Waals surface area contributed by atoms with Crippen molar-refractivity contribution in [2.24, 2.45) is 0 Å². The molecule has 17 heavy (non-hydrogen) atoms. The summed E-state index contributed by atoms with van der Waals surface area (Å²) < 4.78 is 5.78. The van der Waals surface area contributed by atoms with Crippen LogP contribution in [0.15, 0.2) is 0 Å². The van der Waals surface area contributed by atoms with Gasteiger partial charge in [-0.25, -0.2) is 0 Å². The zero-order valence-electron chi connectivity index (χ0n) is 10.7. The molecule has 1 saturated heterocycles. The fraction of sp³-hybridized carbons (Fsp3) is 0.833. The van der Waals surface area contributed by atoms with E-state index in [2.05, 4.69) is 22.0 Å². The van der Waals surface area contributed by atoms with Crippen molar-refractivity contribution in [1.82, 2.24) is 15.1 Å². The molecule has 1 aliphatic heterocycles. The van der Waals surface area contributed by atoms with Crippen molar-refractivity contribution in [1.29, 1.82) is 0 Å². The molecule has 1 aromatic rings. The zero-order valence-corrected chi connectivity index (χ0v) is 11.5. The highest BCUT2D eigenvalue weighted by Gasteiger charge is 2.17. The van der Waals surface area contributed by atoms with Gasteiger partial charge in [0.2, 0.25) is 0 Å². The van der Waals surface area contributed by atoms with Crippen LogP contribution in [0.4, 0.5) is 0 Å². The first-order valence-corrected chi connectivity index (χ1v) is 7.22. The lowest BCUT2D eigenvalue weighted by Gasteiger charge is -2.28. The Bertz CT molecular complexity index is 336. The van der Waals surface area contributed by atoms with Gasteiger partial charge in [-0.1, -0.05) is 6.92 Å². The van der Waals surface area contributed by atoms with Crippen LogP contribution >= 0.6 is 11.3 Å². The normalized spacial score (nSPS) is 21.0. The lowest BCUT2D eigenvalue weighted by Crippen LogP contribution is -2.35. The molecule has 0 N–H and O–H groups in total. The maximum Gasteiger partial charge on any atom is 0.131 e. The summed E-state index contributed by atoms with van der Waals surface area (Å²) in [5, 5.41) is 10.4. The van der Waals surface area contributed by atoms with E-state index in [0.29, 0.717) is 6.10 Å². The summed E-state index contributed by atoms with van der Waals surface area (Å²) in [6.45, 7) is 8.09. The molecular formula is C12H21N3OS. The Kier molecular flexibility index (Phi) is 4.88.